The minimum absolute atomic E-state index is 0. The summed E-state index contributed by atoms with van der Waals surface area (Å²) in [6.07, 6.45) is 0.720. The molecule has 0 spiro atoms. The lowest BCUT2D eigenvalue weighted by Crippen LogP contribution is -2.36. The zero-order valence-electron chi connectivity index (χ0n) is 9.32. The molecule has 18 heavy (non-hydrogen) atoms. The normalized spacial score (nSPS) is 19.6. The molecule has 0 radical (unpaired) electrons. The Bertz CT molecular complexity index is 521. The van der Waals surface area contributed by atoms with Gasteiger partial charge in [-0.3, -0.25) is 0 Å². The van der Waals surface area contributed by atoms with Gasteiger partial charge in [0.15, 0.2) is 0 Å². The predicted molar refractivity (Wildman–Crippen MR) is 72.9 cm³/mol. The summed E-state index contributed by atoms with van der Waals surface area (Å²) in [7, 11) is -3.78. The van der Waals surface area contributed by atoms with Gasteiger partial charge in [0.1, 0.15) is 10.7 Å². The number of rotatable bonds is 3. The number of hydrogen-bond acceptors (Lipinski definition) is 3. The molecule has 0 saturated carbocycles. The van der Waals surface area contributed by atoms with E-state index in [0.29, 0.717) is 11.0 Å². The Labute approximate surface area is 120 Å². The summed E-state index contributed by atoms with van der Waals surface area (Å²) in [5.74, 6) is -0.752. The molecule has 2 N–H and O–H groups in total. The standard InChI is InChI=1S/C10H12BrFN2O2S.ClH/c11-7-1-2-10(9(12)5-7)17(15,16)14-8-3-4-13-6-8;/h1-2,5,8,13-14H,3-4,6H2;1H. The SMILES string of the molecule is Cl.O=S(=O)(NC1CCNC1)c1ccc(Br)cc1F. The van der Waals surface area contributed by atoms with Crippen molar-refractivity contribution in [2.75, 3.05) is 13.1 Å². The smallest absolute Gasteiger partial charge is 0.243 e. The minimum Gasteiger partial charge on any atom is -0.315 e. The summed E-state index contributed by atoms with van der Waals surface area (Å²) in [5.41, 5.74) is 0. The molecular weight excluding hydrogens is 347 g/mol. The van der Waals surface area contributed by atoms with Gasteiger partial charge >= 0.3 is 0 Å². The van der Waals surface area contributed by atoms with Gasteiger partial charge in [-0.2, -0.15) is 0 Å². The van der Waals surface area contributed by atoms with Crippen molar-refractivity contribution in [1.29, 1.82) is 0 Å². The first-order chi connectivity index (χ1) is 7.99. The van der Waals surface area contributed by atoms with Crippen molar-refractivity contribution >= 4 is 38.4 Å². The van der Waals surface area contributed by atoms with Gasteiger partial charge in [0.25, 0.3) is 0 Å². The monoisotopic (exact) mass is 358 g/mol. The topological polar surface area (TPSA) is 58.2 Å². The van der Waals surface area contributed by atoms with Gasteiger partial charge in [0.05, 0.1) is 0 Å². The second kappa shape index (κ2) is 6.29. The summed E-state index contributed by atoms with van der Waals surface area (Å²) in [5, 5.41) is 3.04. The number of nitrogens with one attached hydrogen (secondary N) is 2. The van der Waals surface area contributed by atoms with Crippen LogP contribution in [0.25, 0.3) is 0 Å². The van der Waals surface area contributed by atoms with E-state index in [-0.39, 0.29) is 23.3 Å². The molecule has 0 aromatic heterocycles. The van der Waals surface area contributed by atoms with Crippen molar-refractivity contribution in [2.24, 2.45) is 0 Å². The number of hydrogen-bond donors (Lipinski definition) is 2. The molecule has 1 saturated heterocycles. The summed E-state index contributed by atoms with van der Waals surface area (Å²) in [6.45, 7) is 1.35. The lowest BCUT2D eigenvalue weighted by atomic mass is 10.3. The third kappa shape index (κ3) is 3.64. The van der Waals surface area contributed by atoms with E-state index in [9.17, 15) is 12.8 Å². The molecule has 1 aliphatic heterocycles. The van der Waals surface area contributed by atoms with Crippen LogP contribution >= 0.6 is 28.3 Å². The van der Waals surface area contributed by atoms with Crippen LogP contribution in [-0.4, -0.2) is 27.5 Å². The Morgan fingerprint density at radius 1 is 1.44 bits per heavy atom. The summed E-state index contributed by atoms with van der Waals surface area (Å²) >= 11 is 3.09. The van der Waals surface area contributed by atoms with E-state index in [1.54, 1.807) is 0 Å². The van der Waals surface area contributed by atoms with E-state index in [1.807, 2.05) is 0 Å². The highest BCUT2D eigenvalue weighted by molar-refractivity contribution is 9.10. The highest BCUT2D eigenvalue weighted by Crippen LogP contribution is 2.19. The fourth-order valence-corrected chi connectivity index (χ4v) is 3.39. The van der Waals surface area contributed by atoms with E-state index in [2.05, 4.69) is 26.0 Å². The molecule has 8 heteroatoms. The Balaban J connectivity index is 0.00000162. The van der Waals surface area contributed by atoms with Crippen molar-refractivity contribution in [1.82, 2.24) is 10.0 Å². The number of halogens is 3. The van der Waals surface area contributed by atoms with Crippen LogP contribution in [0.15, 0.2) is 27.6 Å². The van der Waals surface area contributed by atoms with Crippen LogP contribution in [0.5, 0.6) is 0 Å². The fourth-order valence-electron chi connectivity index (χ4n) is 1.73. The molecule has 4 nitrogen and oxygen atoms in total. The van der Waals surface area contributed by atoms with Crippen LogP contribution in [0.4, 0.5) is 4.39 Å². The van der Waals surface area contributed by atoms with Gasteiger partial charge in [-0.05, 0) is 31.2 Å². The van der Waals surface area contributed by atoms with Crippen molar-refractivity contribution in [3.63, 3.8) is 0 Å². The molecule has 1 aromatic carbocycles. The fraction of sp³-hybridized carbons (Fsp3) is 0.400. The number of sulfonamides is 1. The first-order valence-electron chi connectivity index (χ1n) is 5.17. The lowest BCUT2D eigenvalue weighted by Gasteiger charge is -2.12. The molecule has 1 atom stereocenters. The van der Waals surface area contributed by atoms with Gasteiger partial charge in [0, 0.05) is 17.1 Å². The zero-order valence-corrected chi connectivity index (χ0v) is 12.5. The van der Waals surface area contributed by atoms with Crippen molar-refractivity contribution < 1.29 is 12.8 Å². The second-order valence-corrected chi connectivity index (χ2v) is 6.48. The highest BCUT2D eigenvalue weighted by Gasteiger charge is 2.25. The predicted octanol–water partition coefficient (Wildman–Crippen LogP) is 1.65. The second-order valence-electron chi connectivity index (χ2n) is 3.89. The van der Waals surface area contributed by atoms with Crippen LogP contribution < -0.4 is 10.0 Å². The number of benzene rings is 1. The van der Waals surface area contributed by atoms with Crippen LogP contribution in [-0.2, 0) is 10.0 Å². The van der Waals surface area contributed by atoms with Crippen LogP contribution in [0.3, 0.4) is 0 Å². The van der Waals surface area contributed by atoms with Crippen LogP contribution in [0, 0.1) is 5.82 Å². The van der Waals surface area contributed by atoms with Crippen LogP contribution in [0.1, 0.15) is 6.42 Å². The summed E-state index contributed by atoms with van der Waals surface area (Å²) < 4.78 is 40.4. The highest BCUT2D eigenvalue weighted by atomic mass is 79.9. The Morgan fingerprint density at radius 2 is 2.17 bits per heavy atom. The third-order valence-electron chi connectivity index (χ3n) is 2.57. The quantitative estimate of drug-likeness (QED) is 0.863. The molecule has 1 heterocycles. The zero-order chi connectivity index (χ0) is 12.5. The lowest BCUT2D eigenvalue weighted by molar-refractivity contribution is 0.542. The molecule has 1 unspecified atom stereocenters. The Hall–Kier alpha value is -0.210. The maximum Gasteiger partial charge on any atom is 0.243 e. The molecule has 0 aliphatic carbocycles. The molecular formula is C10H13BrClFN2O2S. The molecule has 1 aliphatic rings. The summed E-state index contributed by atoms with van der Waals surface area (Å²) in [4.78, 5) is -0.312. The molecule has 102 valence electrons. The Morgan fingerprint density at radius 3 is 2.72 bits per heavy atom. The molecule has 1 fully saturated rings. The van der Waals surface area contributed by atoms with Gasteiger partial charge in [-0.25, -0.2) is 17.5 Å². The van der Waals surface area contributed by atoms with E-state index >= 15 is 0 Å². The van der Waals surface area contributed by atoms with Crippen LogP contribution in [0.2, 0.25) is 0 Å². The molecule has 1 aromatic rings. The summed E-state index contributed by atoms with van der Waals surface area (Å²) in [6, 6.07) is 3.74. The third-order valence-corrected chi connectivity index (χ3v) is 4.61. The van der Waals surface area contributed by atoms with Gasteiger partial charge in [-0.15, -0.1) is 12.4 Å². The maximum atomic E-state index is 13.6. The minimum atomic E-state index is -3.78. The van der Waals surface area contributed by atoms with E-state index in [0.717, 1.165) is 19.0 Å². The molecule has 0 amide bonds. The maximum absolute atomic E-state index is 13.6. The first kappa shape index (κ1) is 15.8. The van der Waals surface area contributed by atoms with Gasteiger partial charge < -0.3 is 5.32 Å². The molecule has 2 rings (SSSR count). The average Bonchev–Trinajstić information content (AvgIpc) is 2.68. The van der Waals surface area contributed by atoms with Gasteiger partial charge in [0.2, 0.25) is 10.0 Å². The average molecular weight is 360 g/mol. The van der Waals surface area contributed by atoms with Crippen molar-refractivity contribution in [3.05, 3.63) is 28.5 Å². The molecule has 0 bridgehead atoms. The first-order valence-corrected chi connectivity index (χ1v) is 7.45. The van der Waals surface area contributed by atoms with Crippen molar-refractivity contribution in [2.45, 2.75) is 17.4 Å². The Kier molecular flexibility index (Phi) is 5.54. The van der Waals surface area contributed by atoms with E-state index < -0.39 is 15.8 Å². The van der Waals surface area contributed by atoms with Crippen molar-refractivity contribution in [3.8, 4) is 0 Å². The van der Waals surface area contributed by atoms with E-state index in [1.165, 1.54) is 12.1 Å². The van der Waals surface area contributed by atoms with E-state index in [4.69, 9.17) is 0 Å². The van der Waals surface area contributed by atoms with Gasteiger partial charge in [-0.1, -0.05) is 15.9 Å². The largest absolute Gasteiger partial charge is 0.315 e.